The van der Waals surface area contributed by atoms with Crippen LogP contribution in [0.4, 0.5) is 0 Å². The van der Waals surface area contributed by atoms with E-state index in [1.165, 1.54) is 0 Å². The maximum atomic E-state index is 6.04. The second kappa shape index (κ2) is 2.59. The summed E-state index contributed by atoms with van der Waals surface area (Å²) in [6, 6.07) is 0. The first-order chi connectivity index (χ1) is 4.78. The van der Waals surface area contributed by atoms with Crippen molar-refractivity contribution in [2.45, 2.75) is 38.9 Å². The summed E-state index contributed by atoms with van der Waals surface area (Å²) in [6.45, 7) is 9.36. The lowest BCUT2D eigenvalue weighted by Crippen LogP contribution is -2.43. The molecular formula is C7H14BrClN2. The molecule has 11 heavy (non-hydrogen) atoms. The van der Waals surface area contributed by atoms with E-state index >= 15 is 0 Å². The fourth-order valence-corrected chi connectivity index (χ4v) is 2.19. The van der Waals surface area contributed by atoms with Crippen LogP contribution >= 0.6 is 27.9 Å². The summed E-state index contributed by atoms with van der Waals surface area (Å²) < 4.78 is 3.93. The summed E-state index contributed by atoms with van der Waals surface area (Å²) in [5.74, 6) is 0. The molecule has 0 saturated carbocycles. The molecule has 1 rings (SSSR count). The maximum Gasteiger partial charge on any atom is 0.0927 e. The SMILES string of the molecule is CC1(C)CN(Cl)C(C)(C)N1Br. The monoisotopic (exact) mass is 240 g/mol. The van der Waals surface area contributed by atoms with Gasteiger partial charge in [-0.1, -0.05) is 0 Å². The van der Waals surface area contributed by atoms with E-state index in [1.807, 2.05) is 4.42 Å². The summed E-state index contributed by atoms with van der Waals surface area (Å²) in [5.41, 5.74) is -0.00367. The van der Waals surface area contributed by atoms with Crippen molar-refractivity contribution in [3.8, 4) is 0 Å². The lowest BCUT2D eigenvalue weighted by Gasteiger charge is -2.33. The van der Waals surface area contributed by atoms with Gasteiger partial charge in [-0.05, 0) is 39.5 Å². The average molecular weight is 242 g/mol. The molecule has 0 aromatic heterocycles. The molecule has 0 radical (unpaired) electrons. The minimum Gasteiger partial charge on any atom is -0.215 e. The molecule has 0 spiro atoms. The Labute approximate surface area is 81.9 Å². The van der Waals surface area contributed by atoms with Gasteiger partial charge in [0, 0.05) is 28.2 Å². The normalized spacial score (nSPS) is 31.1. The minimum absolute atomic E-state index is 0.102. The predicted molar refractivity (Wildman–Crippen MR) is 51.5 cm³/mol. The highest BCUT2D eigenvalue weighted by Gasteiger charge is 2.48. The van der Waals surface area contributed by atoms with Crippen LogP contribution in [0.3, 0.4) is 0 Å². The smallest absolute Gasteiger partial charge is 0.0927 e. The molecule has 1 heterocycles. The topological polar surface area (TPSA) is 6.48 Å². The zero-order valence-corrected chi connectivity index (χ0v) is 9.70. The number of halogens is 2. The van der Waals surface area contributed by atoms with Gasteiger partial charge in [-0.3, -0.25) is 0 Å². The molecule has 1 aliphatic heterocycles. The molecule has 0 atom stereocenters. The Kier molecular flexibility index (Phi) is 2.30. The summed E-state index contributed by atoms with van der Waals surface area (Å²) in [6.07, 6.45) is 0. The Hall–Kier alpha value is 0.690. The van der Waals surface area contributed by atoms with Gasteiger partial charge in [0.25, 0.3) is 0 Å². The standard InChI is InChI=1S/C7H14BrClN2/c1-6(2)5-10(9)7(3,4)11(6)8/h5H2,1-4H3. The van der Waals surface area contributed by atoms with E-state index in [9.17, 15) is 0 Å². The lowest BCUT2D eigenvalue weighted by molar-refractivity contribution is 0.171. The molecule has 66 valence electrons. The molecule has 0 aliphatic carbocycles. The van der Waals surface area contributed by atoms with Gasteiger partial charge < -0.3 is 0 Å². The Morgan fingerprint density at radius 1 is 1.27 bits per heavy atom. The van der Waals surface area contributed by atoms with Gasteiger partial charge in [0.1, 0.15) is 0 Å². The third-order valence-electron chi connectivity index (χ3n) is 2.13. The van der Waals surface area contributed by atoms with E-state index in [0.29, 0.717) is 0 Å². The highest BCUT2D eigenvalue weighted by atomic mass is 79.9. The summed E-state index contributed by atoms with van der Waals surface area (Å²) in [5, 5.41) is 0. The van der Waals surface area contributed by atoms with Crippen LogP contribution in [0.2, 0.25) is 0 Å². The van der Waals surface area contributed by atoms with Crippen LogP contribution in [0, 0.1) is 0 Å². The second-order valence-electron chi connectivity index (χ2n) is 4.11. The molecule has 1 aliphatic rings. The Bertz CT molecular complexity index is 170. The zero-order chi connectivity index (χ0) is 8.86. The van der Waals surface area contributed by atoms with E-state index in [-0.39, 0.29) is 11.2 Å². The predicted octanol–water partition coefficient (Wildman–Crippen LogP) is 2.58. The number of rotatable bonds is 0. The van der Waals surface area contributed by atoms with E-state index in [1.54, 1.807) is 0 Å². The molecule has 0 aromatic rings. The van der Waals surface area contributed by atoms with Crippen LogP contribution in [-0.2, 0) is 0 Å². The van der Waals surface area contributed by atoms with Crippen LogP contribution in [0.5, 0.6) is 0 Å². The number of hydrogen-bond acceptors (Lipinski definition) is 2. The molecule has 0 unspecified atom stereocenters. The third kappa shape index (κ3) is 1.44. The van der Waals surface area contributed by atoms with Gasteiger partial charge in [-0.15, -0.1) is 0 Å². The quantitative estimate of drug-likeness (QED) is 0.602. The van der Waals surface area contributed by atoms with Crippen LogP contribution in [0.1, 0.15) is 27.7 Å². The van der Waals surface area contributed by atoms with Crippen molar-refractivity contribution < 1.29 is 0 Å². The third-order valence-corrected chi connectivity index (χ3v) is 4.49. The van der Waals surface area contributed by atoms with Crippen LogP contribution in [0.15, 0.2) is 0 Å². The van der Waals surface area contributed by atoms with Gasteiger partial charge in [0.15, 0.2) is 0 Å². The van der Waals surface area contributed by atoms with Gasteiger partial charge in [-0.2, -0.15) is 4.42 Å². The van der Waals surface area contributed by atoms with Gasteiger partial charge in [0.2, 0.25) is 0 Å². The molecule has 2 nitrogen and oxygen atoms in total. The maximum absolute atomic E-state index is 6.04. The Morgan fingerprint density at radius 3 is 1.82 bits per heavy atom. The highest BCUT2D eigenvalue weighted by Crippen LogP contribution is 2.40. The molecule has 0 aromatic carbocycles. The minimum atomic E-state index is -0.106. The zero-order valence-electron chi connectivity index (χ0n) is 7.36. The van der Waals surface area contributed by atoms with E-state index in [2.05, 4.69) is 47.8 Å². The summed E-state index contributed by atoms with van der Waals surface area (Å²) in [4.78, 5) is 0. The number of hydrogen-bond donors (Lipinski definition) is 0. The van der Waals surface area contributed by atoms with Crippen molar-refractivity contribution in [2.24, 2.45) is 0 Å². The summed E-state index contributed by atoms with van der Waals surface area (Å²) in [7, 11) is 0. The second-order valence-corrected chi connectivity index (χ2v) is 5.23. The fourth-order valence-electron chi connectivity index (χ4n) is 1.43. The molecule has 1 fully saturated rings. The molecule has 0 amide bonds. The van der Waals surface area contributed by atoms with Crippen molar-refractivity contribution in [3.63, 3.8) is 0 Å². The van der Waals surface area contributed by atoms with Crippen molar-refractivity contribution in [2.75, 3.05) is 6.54 Å². The first kappa shape index (κ1) is 9.78. The highest BCUT2D eigenvalue weighted by molar-refractivity contribution is 9.07. The molecule has 0 N–H and O–H groups in total. The van der Waals surface area contributed by atoms with Gasteiger partial charge >= 0.3 is 0 Å². The first-order valence-electron chi connectivity index (χ1n) is 3.68. The van der Waals surface area contributed by atoms with E-state index < -0.39 is 0 Å². The average Bonchev–Trinajstić information content (AvgIpc) is 1.94. The Balaban J connectivity index is 2.89. The molecular weight excluding hydrogens is 227 g/mol. The van der Waals surface area contributed by atoms with E-state index in [4.69, 9.17) is 11.8 Å². The van der Waals surface area contributed by atoms with Crippen molar-refractivity contribution in [1.29, 1.82) is 0 Å². The van der Waals surface area contributed by atoms with Gasteiger partial charge in [-0.25, -0.2) is 3.93 Å². The number of nitrogens with zero attached hydrogens (tertiary/aromatic N) is 2. The van der Waals surface area contributed by atoms with E-state index in [0.717, 1.165) is 6.54 Å². The van der Waals surface area contributed by atoms with Crippen molar-refractivity contribution >= 4 is 27.9 Å². The first-order valence-corrected chi connectivity index (χ1v) is 4.73. The Morgan fingerprint density at radius 2 is 1.73 bits per heavy atom. The van der Waals surface area contributed by atoms with Crippen LogP contribution in [0.25, 0.3) is 0 Å². The van der Waals surface area contributed by atoms with Gasteiger partial charge in [0.05, 0.1) is 5.66 Å². The molecule has 4 heteroatoms. The molecule has 0 bridgehead atoms. The summed E-state index contributed by atoms with van der Waals surface area (Å²) >= 11 is 9.57. The molecule has 1 saturated heterocycles. The van der Waals surface area contributed by atoms with Crippen molar-refractivity contribution in [1.82, 2.24) is 8.34 Å². The van der Waals surface area contributed by atoms with Crippen molar-refractivity contribution in [3.05, 3.63) is 0 Å². The fraction of sp³-hybridized carbons (Fsp3) is 1.00. The van der Waals surface area contributed by atoms with Crippen LogP contribution < -0.4 is 0 Å². The van der Waals surface area contributed by atoms with Crippen LogP contribution in [-0.4, -0.2) is 26.1 Å². The largest absolute Gasteiger partial charge is 0.215 e. The lowest BCUT2D eigenvalue weighted by atomic mass is 10.1.